The lowest BCUT2D eigenvalue weighted by Gasteiger charge is -2.38. The monoisotopic (exact) mass is 310 g/mol. The van der Waals surface area contributed by atoms with Crippen LogP contribution in [0.3, 0.4) is 0 Å². The molecule has 0 radical (unpaired) electrons. The summed E-state index contributed by atoms with van der Waals surface area (Å²) in [6, 6.07) is 0.933. The van der Waals surface area contributed by atoms with Gasteiger partial charge in [-0.15, -0.1) is 11.3 Å². The molecule has 5 nitrogen and oxygen atoms in total. The van der Waals surface area contributed by atoms with Crippen molar-refractivity contribution in [3.05, 3.63) is 21.9 Å². The third kappa shape index (κ3) is 2.90. The maximum atomic E-state index is 12.7. The molecule has 6 heteroatoms. The third-order valence-electron chi connectivity index (χ3n) is 4.24. The van der Waals surface area contributed by atoms with Crippen molar-refractivity contribution in [3.8, 4) is 0 Å². The minimum Gasteiger partial charge on any atom is -0.479 e. The van der Waals surface area contributed by atoms with Crippen LogP contribution in [-0.4, -0.2) is 46.5 Å². The summed E-state index contributed by atoms with van der Waals surface area (Å²) in [5.41, 5.74) is 0.769. The highest BCUT2D eigenvalue weighted by Gasteiger charge is 2.38. The number of amides is 2. The highest BCUT2D eigenvalue weighted by molar-refractivity contribution is 7.10. The summed E-state index contributed by atoms with van der Waals surface area (Å²) < 4.78 is 0. The molecule has 0 aromatic carbocycles. The average Bonchev–Trinajstić information content (AvgIpc) is 2.94. The molecule has 2 heterocycles. The Morgan fingerprint density at radius 3 is 2.71 bits per heavy atom. The normalized spacial score (nSPS) is 17.7. The average molecular weight is 310 g/mol. The van der Waals surface area contributed by atoms with Crippen LogP contribution in [0.15, 0.2) is 11.4 Å². The molecule has 0 saturated carbocycles. The Bertz CT molecular complexity index is 525. The number of nitrogens with zero attached hydrogens (tertiary/aromatic N) is 2. The third-order valence-corrected chi connectivity index (χ3v) is 5.23. The van der Waals surface area contributed by atoms with Gasteiger partial charge in [0.25, 0.3) is 0 Å². The lowest BCUT2D eigenvalue weighted by atomic mass is 10.0. The van der Waals surface area contributed by atoms with Gasteiger partial charge in [0.05, 0.1) is 0 Å². The van der Waals surface area contributed by atoms with Crippen LogP contribution in [0, 0.1) is 0 Å². The van der Waals surface area contributed by atoms with Crippen LogP contribution in [0.5, 0.6) is 0 Å². The van der Waals surface area contributed by atoms with Gasteiger partial charge in [-0.3, -0.25) is 0 Å². The summed E-state index contributed by atoms with van der Waals surface area (Å²) in [4.78, 5) is 28.6. The van der Waals surface area contributed by atoms with E-state index in [1.807, 2.05) is 25.3 Å². The molecule has 1 aliphatic heterocycles. The number of carboxylic acid groups (broad SMARTS) is 1. The molecular weight excluding hydrogens is 288 g/mol. The summed E-state index contributed by atoms with van der Waals surface area (Å²) >= 11 is 1.57. The van der Waals surface area contributed by atoms with E-state index in [1.165, 1.54) is 4.90 Å². The van der Waals surface area contributed by atoms with Crippen molar-refractivity contribution in [1.29, 1.82) is 0 Å². The molecule has 2 rings (SSSR count). The first kappa shape index (κ1) is 15.8. The van der Waals surface area contributed by atoms with Gasteiger partial charge >= 0.3 is 12.0 Å². The Hall–Kier alpha value is -1.56. The van der Waals surface area contributed by atoms with Crippen molar-refractivity contribution < 1.29 is 14.7 Å². The van der Waals surface area contributed by atoms with Gasteiger partial charge in [0.2, 0.25) is 0 Å². The van der Waals surface area contributed by atoms with E-state index in [1.54, 1.807) is 23.3 Å². The molecular formula is C15H22N2O3S. The van der Waals surface area contributed by atoms with Crippen LogP contribution < -0.4 is 0 Å². The molecule has 0 spiro atoms. The molecule has 21 heavy (non-hydrogen) atoms. The largest absolute Gasteiger partial charge is 0.479 e. The van der Waals surface area contributed by atoms with Gasteiger partial charge in [-0.25, -0.2) is 9.59 Å². The van der Waals surface area contributed by atoms with E-state index in [-0.39, 0.29) is 12.1 Å². The first-order valence-corrected chi connectivity index (χ1v) is 8.21. The number of carbonyl (C=O) groups is 2. The Morgan fingerprint density at radius 2 is 2.14 bits per heavy atom. The summed E-state index contributed by atoms with van der Waals surface area (Å²) in [6.07, 6.45) is 2.47. The van der Waals surface area contributed by atoms with Crippen LogP contribution in [0.1, 0.15) is 43.2 Å². The predicted octanol–water partition coefficient (Wildman–Crippen LogP) is 2.97. The van der Waals surface area contributed by atoms with Gasteiger partial charge in [-0.2, -0.15) is 0 Å². The van der Waals surface area contributed by atoms with E-state index in [9.17, 15) is 14.7 Å². The van der Waals surface area contributed by atoms with Gasteiger partial charge in [0, 0.05) is 24.5 Å². The number of hydrogen-bond acceptors (Lipinski definition) is 3. The van der Waals surface area contributed by atoms with Crippen molar-refractivity contribution in [2.45, 2.75) is 45.2 Å². The van der Waals surface area contributed by atoms with E-state index < -0.39 is 12.0 Å². The highest BCUT2D eigenvalue weighted by Crippen LogP contribution is 2.34. The zero-order valence-corrected chi connectivity index (χ0v) is 13.5. The summed E-state index contributed by atoms with van der Waals surface area (Å²) in [5.74, 6) is -0.958. The molecule has 1 atom stereocenters. The van der Waals surface area contributed by atoms with E-state index in [2.05, 4.69) is 0 Å². The van der Waals surface area contributed by atoms with E-state index in [0.717, 1.165) is 29.7 Å². The number of thiophene rings is 1. The van der Waals surface area contributed by atoms with Crippen molar-refractivity contribution in [1.82, 2.24) is 9.80 Å². The Balaban J connectivity index is 2.27. The lowest BCUT2D eigenvalue weighted by Crippen LogP contribution is -2.50. The SMILES string of the molecule is CCC(CC)N(C)C(=O)N1CCc2sccc2C1C(=O)O. The number of rotatable bonds is 4. The van der Waals surface area contributed by atoms with E-state index in [4.69, 9.17) is 0 Å². The lowest BCUT2D eigenvalue weighted by molar-refractivity contribution is -0.143. The van der Waals surface area contributed by atoms with Gasteiger partial charge < -0.3 is 14.9 Å². The number of carbonyl (C=O) groups excluding carboxylic acids is 1. The van der Waals surface area contributed by atoms with Crippen molar-refractivity contribution in [2.24, 2.45) is 0 Å². The molecule has 0 bridgehead atoms. The molecule has 1 aromatic heterocycles. The number of urea groups is 1. The second-order valence-corrected chi connectivity index (χ2v) is 6.35. The quantitative estimate of drug-likeness (QED) is 0.930. The Kier molecular flexibility index (Phi) is 4.88. The minimum atomic E-state index is -0.958. The van der Waals surface area contributed by atoms with E-state index >= 15 is 0 Å². The van der Waals surface area contributed by atoms with Crippen LogP contribution in [0.4, 0.5) is 4.79 Å². The molecule has 1 aromatic rings. The number of fused-ring (bicyclic) bond motifs is 1. The van der Waals surface area contributed by atoms with Gasteiger partial charge in [0.1, 0.15) is 0 Å². The number of carboxylic acids is 1. The maximum absolute atomic E-state index is 12.7. The van der Waals surface area contributed by atoms with Gasteiger partial charge in [-0.1, -0.05) is 13.8 Å². The molecule has 116 valence electrons. The smallest absolute Gasteiger partial charge is 0.331 e. The summed E-state index contributed by atoms with van der Waals surface area (Å²) in [7, 11) is 1.77. The second kappa shape index (κ2) is 6.47. The molecule has 2 amide bonds. The van der Waals surface area contributed by atoms with Gasteiger partial charge in [0.15, 0.2) is 6.04 Å². The molecule has 1 N–H and O–H groups in total. The van der Waals surface area contributed by atoms with Crippen molar-refractivity contribution in [3.63, 3.8) is 0 Å². The number of aliphatic carboxylic acids is 1. The zero-order valence-electron chi connectivity index (χ0n) is 12.7. The van der Waals surface area contributed by atoms with Crippen LogP contribution in [0.25, 0.3) is 0 Å². The topological polar surface area (TPSA) is 60.9 Å². The molecule has 1 aliphatic rings. The van der Waals surface area contributed by atoms with Gasteiger partial charge in [-0.05, 0) is 36.3 Å². The number of hydrogen-bond donors (Lipinski definition) is 1. The molecule has 0 saturated heterocycles. The molecule has 0 fully saturated rings. The standard InChI is InChI=1S/C15H22N2O3S/c1-4-10(5-2)16(3)15(20)17-8-6-12-11(7-9-21-12)13(17)14(18)19/h7,9-10,13H,4-6,8H2,1-3H3,(H,18,19). The fraction of sp³-hybridized carbons (Fsp3) is 0.600. The van der Waals surface area contributed by atoms with E-state index in [0.29, 0.717) is 6.54 Å². The fourth-order valence-corrected chi connectivity index (χ4v) is 3.89. The van der Waals surface area contributed by atoms with Crippen molar-refractivity contribution >= 4 is 23.3 Å². The Morgan fingerprint density at radius 1 is 1.48 bits per heavy atom. The van der Waals surface area contributed by atoms with Crippen LogP contribution in [-0.2, 0) is 11.2 Å². The maximum Gasteiger partial charge on any atom is 0.331 e. The zero-order chi connectivity index (χ0) is 15.6. The van der Waals surface area contributed by atoms with Crippen LogP contribution in [0.2, 0.25) is 0 Å². The van der Waals surface area contributed by atoms with Crippen LogP contribution >= 0.6 is 11.3 Å². The first-order chi connectivity index (χ1) is 10.0. The molecule has 0 aliphatic carbocycles. The highest BCUT2D eigenvalue weighted by atomic mass is 32.1. The summed E-state index contributed by atoms with van der Waals surface area (Å²) in [6.45, 7) is 4.55. The van der Waals surface area contributed by atoms with Crippen molar-refractivity contribution in [2.75, 3.05) is 13.6 Å². The fourth-order valence-electron chi connectivity index (χ4n) is 2.98. The first-order valence-electron chi connectivity index (χ1n) is 7.33. The Labute approximate surface area is 129 Å². The summed E-state index contributed by atoms with van der Waals surface area (Å²) in [5, 5.41) is 11.5. The predicted molar refractivity (Wildman–Crippen MR) is 82.6 cm³/mol. The molecule has 1 unspecified atom stereocenters. The minimum absolute atomic E-state index is 0.149. The second-order valence-electron chi connectivity index (χ2n) is 5.35.